The van der Waals surface area contributed by atoms with Crippen LogP contribution in [0.25, 0.3) is 0 Å². The van der Waals surface area contributed by atoms with Crippen molar-refractivity contribution < 1.29 is 8.78 Å². The lowest BCUT2D eigenvalue weighted by Crippen LogP contribution is -2.35. The predicted molar refractivity (Wildman–Crippen MR) is 83.3 cm³/mol. The molecule has 0 heterocycles. The molecule has 0 spiro atoms. The summed E-state index contributed by atoms with van der Waals surface area (Å²) in [6, 6.07) is 3.87. The predicted octanol–water partition coefficient (Wildman–Crippen LogP) is 4.73. The highest BCUT2D eigenvalue weighted by atomic mass is 19.1. The van der Waals surface area contributed by atoms with Crippen LogP contribution in [0.3, 0.4) is 0 Å². The number of halogens is 2. The molecule has 1 nitrogen and oxygen atoms in total. The fourth-order valence-electron chi connectivity index (χ4n) is 3.71. The van der Waals surface area contributed by atoms with Crippen molar-refractivity contribution in [3.8, 4) is 0 Å². The second-order valence-corrected chi connectivity index (χ2v) is 7.47. The molecule has 1 N–H and O–H groups in total. The monoisotopic (exact) mass is 295 g/mol. The Labute approximate surface area is 127 Å². The van der Waals surface area contributed by atoms with Gasteiger partial charge in [0.1, 0.15) is 11.6 Å². The van der Waals surface area contributed by atoms with Gasteiger partial charge in [-0.3, -0.25) is 0 Å². The van der Waals surface area contributed by atoms with Gasteiger partial charge in [-0.05, 0) is 79.8 Å². The summed E-state index contributed by atoms with van der Waals surface area (Å²) in [6.07, 6.45) is 3.18. The van der Waals surface area contributed by atoms with Crippen molar-refractivity contribution in [3.05, 3.63) is 35.4 Å². The summed E-state index contributed by atoms with van der Waals surface area (Å²) in [6.45, 7) is 7.59. The molecule has 3 atom stereocenters. The highest BCUT2D eigenvalue weighted by Gasteiger charge is 2.37. The maximum atomic E-state index is 14.2. The molecule has 118 valence electrons. The molecule has 1 saturated carbocycles. The Morgan fingerprint density at radius 3 is 2.52 bits per heavy atom. The SMILES string of the molecule is CNCC1CCC(C(C)(C)C)CC1c1cc(F)ccc1F. The quantitative estimate of drug-likeness (QED) is 0.850. The van der Waals surface area contributed by atoms with Crippen LogP contribution in [0.5, 0.6) is 0 Å². The number of rotatable bonds is 3. The standard InChI is InChI=1S/C18H27F2N/c1-18(2,3)13-6-5-12(11-21-4)15(9-13)16-10-14(19)7-8-17(16)20/h7-8,10,12-13,15,21H,5-6,9,11H2,1-4H3. The van der Waals surface area contributed by atoms with Gasteiger partial charge in [0.15, 0.2) is 0 Å². The van der Waals surface area contributed by atoms with Crippen molar-refractivity contribution in [1.82, 2.24) is 5.32 Å². The highest BCUT2D eigenvalue weighted by Crippen LogP contribution is 2.47. The van der Waals surface area contributed by atoms with Gasteiger partial charge in [0, 0.05) is 0 Å². The van der Waals surface area contributed by atoms with Gasteiger partial charge >= 0.3 is 0 Å². The molecule has 1 aliphatic rings. The first-order valence-electron chi connectivity index (χ1n) is 7.92. The number of hydrogen-bond donors (Lipinski definition) is 1. The third-order valence-electron chi connectivity index (χ3n) is 5.04. The zero-order valence-electron chi connectivity index (χ0n) is 13.5. The molecule has 1 fully saturated rings. The largest absolute Gasteiger partial charge is 0.319 e. The molecule has 0 aliphatic heterocycles. The lowest BCUT2D eigenvalue weighted by atomic mass is 9.64. The number of benzene rings is 1. The Hall–Kier alpha value is -0.960. The summed E-state index contributed by atoms with van der Waals surface area (Å²) in [5.41, 5.74) is 0.774. The summed E-state index contributed by atoms with van der Waals surface area (Å²) in [7, 11) is 1.93. The van der Waals surface area contributed by atoms with Gasteiger partial charge in [-0.2, -0.15) is 0 Å². The van der Waals surface area contributed by atoms with Gasteiger partial charge in [0.05, 0.1) is 0 Å². The van der Waals surface area contributed by atoms with Crippen LogP contribution >= 0.6 is 0 Å². The van der Waals surface area contributed by atoms with Gasteiger partial charge in [0.25, 0.3) is 0 Å². The molecule has 3 heteroatoms. The summed E-state index contributed by atoms with van der Waals surface area (Å²) in [4.78, 5) is 0. The molecule has 21 heavy (non-hydrogen) atoms. The normalized spacial score (nSPS) is 26.9. The molecule has 0 amide bonds. The van der Waals surface area contributed by atoms with E-state index in [0.29, 0.717) is 17.4 Å². The smallest absolute Gasteiger partial charge is 0.126 e. The van der Waals surface area contributed by atoms with Crippen molar-refractivity contribution in [2.24, 2.45) is 17.3 Å². The minimum absolute atomic E-state index is 0.103. The van der Waals surface area contributed by atoms with Crippen LogP contribution in [-0.4, -0.2) is 13.6 Å². The molecule has 1 aromatic carbocycles. The van der Waals surface area contributed by atoms with Crippen LogP contribution in [0.4, 0.5) is 8.78 Å². The first-order valence-corrected chi connectivity index (χ1v) is 7.92. The van der Waals surface area contributed by atoms with E-state index in [1.165, 1.54) is 24.6 Å². The van der Waals surface area contributed by atoms with Crippen molar-refractivity contribution in [1.29, 1.82) is 0 Å². The Morgan fingerprint density at radius 2 is 1.90 bits per heavy atom. The zero-order valence-corrected chi connectivity index (χ0v) is 13.5. The molecule has 3 unspecified atom stereocenters. The Bertz CT molecular complexity index is 479. The van der Waals surface area contributed by atoms with Crippen molar-refractivity contribution >= 4 is 0 Å². The van der Waals surface area contributed by atoms with Crippen LogP contribution in [0.1, 0.15) is 51.5 Å². The van der Waals surface area contributed by atoms with Gasteiger partial charge in [-0.15, -0.1) is 0 Å². The fraction of sp³-hybridized carbons (Fsp3) is 0.667. The first kappa shape index (κ1) is 16.4. The average Bonchev–Trinajstić information content (AvgIpc) is 2.41. The first-order chi connectivity index (χ1) is 9.82. The van der Waals surface area contributed by atoms with Gasteiger partial charge < -0.3 is 5.32 Å². The lowest BCUT2D eigenvalue weighted by Gasteiger charge is -2.42. The Kier molecular flexibility index (Phi) is 5.03. The molecule has 1 aliphatic carbocycles. The molecule has 2 rings (SSSR count). The molecule has 0 saturated heterocycles. The minimum Gasteiger partial charge on any atom is -0.319 e. The molecule has 0 bridgehead atoms. The third-order valence-corrected chi connectivity index (χ3v) is 5.04. The number of hydrogen-bond acceptors (Lipinski definition) is 1. The topological polar surface area (TPSA) is 12.0 Å². The van der Waals surface area contributed by atoms with E-state index in [-0.39, 0.29) is 23.0 Å². The van der Waals surface area contributed by atoms with Crippen molar-refractivity contribution in [2.45, 2.75) is 46.0 Å². The van der Waals surface area contributed by atoms with E-state index in [0.717, 1.165) is 19.4 Å². The second kappa shape index (κ2) is 6.43. The van der Waals surface area contributed by atoms with Crippen LogP contribution < -0.4 is 5.32 Å². The van der Waals surface area contributed by atoms with E-state index < -0.39 is 0 Å². The second-order valence-electron chi connectivity index (χ2n) is 7.47. The molecule has 1 aromatic rings. The van der Waals surface area contributed by atoms with Crippen molar-refractivity contribution in [2.75, 3.05) is 13.6 Å². The maximum absolute atomic E-state index is 14.2. The van der Waals surface area contributed by atoms with Crippen molar-refractivity contribution in [3.63, 3.8) is 0 Å². The zero-order chi connectivity index (χ0) is 15.6. The Morgan fingerprint density at radius 1 is 1.19 bits per heavy atom. The van der Waals surface area contributed by atoms with E-state index in [1.807, 2.05) is 7.05 Å². The van der Waals surface area contributed by atoms with Crippen LogP contribution in [0.2, 0.25) is 0 Å². The molecular weight excluding hydrogens is 268 g/mol. The maximum Gasteiger partial charge on any atom is 0.126 e. The summed E-state index contributed by atoms with van der Waals surface area (Å²) in [5.74, 6) is 0.429. The van der Waals surface area contributed by atoms with E-state index >= 15 is 0 Å². The van der Waals surface area contributed by atoms with Crippen LogP contribution in [-0.2, 0) is 0 Å². The van der Waals surface area contributed by atoms with Crippen LogP contribution in [0, 0.1) is 28.9 Å². The highest BCUT2D eigenvalue weighted by molar-refractivity contribution is 5.24. The van der Waals surface area contributed by atoms with E-state index in [4.69, 9.17) is 0 Å². The molecule has 0 aromatic heterocycles. The third kappa shape index (κ3) is 3.82. The van der Waals surface area contributed by atoms with Gasteiger partial charge in [-0.1, -0.05) is 20.8 Å². The summed E-state index contributed by atoms with van der Waals surface area (Å²) >= 11 is 0. The summed E-state index contributed by atoms with van der Waals surface area (Å²) in [5, 5.41) is 3.21. The minimum atomic E-state index is -0.340. The average molecular weight is 295 g/mol. The number of nitrogens with one attached hydrogen (secondary N) is 1. The van der Waals surface area contributed by atoms with E-state index in [9.17, 15) is 8.78 Å². The van der Waals surface area contributed by atoms with Gasteiger partial charge in [-0.25, -0.2) is 8.78 Å². The van der Waals surface area contributed by atoms with E-state index in [1.54, 1.807) is 0 Å². The van der Waals surface area contributed by atoms with E-state index in [2.05, 4.69) is 26.1 Å². The molecule has 0 radical (unpaired) electrons. The Balaban J connectivity index is 2.31. The summed E-state index contributed by atoms with van der Waals surface area (Å²) < 4.78 is 27.8. The molecular formula is C18H27F2N. The fourth-order valence-corrected chi connectivity index (χ4v) is 3.71. The van der Waals surface area contributed by atoms with Crippen LogP contribution in [0.15, 0.2) is 18.2 Å². The van der Waals surface area contributed by atoms with Gasteiger partial charge in [0.2, 0.25) is 0 Å². The lowest BCUT2D eigenvalue weighted by molar-refractivity contribution is 0.129.